The van der Waals surface area contributed by atoms with Gasteiger partial charge < -0.3 is 5.32 Å². The summed E-state index contributed by atoms with van der Waals surface area (Å²) < 4.78 is 0. The first-order valence-electron chi connectivity index (χ1n) is 9.24. The van der Waals surface area contributed by atoms with Crippen molar-refractivity contribution in [3.8, 4) is 0 Å². The number of anilines is 1. The largest absolute Gasteiger partial charge is 0.321 e. The molecule has 1 N–H and O–H groups in total. The van der Waals surface area contributed by atoms with E-state index >= 15 is 0 Å². The summed E-state index contributed by atoms with van der Waals surface area (Å²) >= 11 is 0. The van der Waals surface area contributed by atoms with Crippen LogP contribution in [0.5, 0.6) is 0 Å². The number of unbranched alkanes of at least 4 members (excludes halogenated alkanes) is 1. The second-order valence-electron chi connectivity index (χ2n) is 6.73. The Bertz CT molecular complexity index is 1100. The molecule has 0 spiro atoms. The summed E-state index contributed by atoms with van der Waals surface area (Å²) in [6.07, 6.45) is 5.05. The van der Waals surface area contributed by atoms with Crippen LogP contribution >= 0.6 is 0 Å². The number of nitrogens with one attached hydrogen (secondary N) is 1. The molecule has 28 heavy (non-hydrogen) atoms. The number of nitrogens with zero attached hydrogens (tertiary/aromatic N) is 2. The summed E-state index contributed by atoms with van der Waals surface area (Å²) in [4.78, 5) is 43.1. The number of carbonyl (C=O) groups excluding carboxylic acids is 3. The molecule has 0 fully saturated rings. The van der Waals surface area contributed by atoms with Gasteiger partial charge in [-0.25, -0.2) is 0 Å². The summed E-state index contributed by atoms with van der Waals surface area (Å²) in [5.74, 6) is -0.958. The molecular weight excluding hydrogens is 354 g/mol. The molecule has 1 aliphatic rings. The summed E-state index contributed by atoms with van der Waals surface area (Å²) in [6, 6.07) is 12.1. The Labute approximate surface area is 162 Å². The van der Waals surface area contributed by atoms with Gasteiger partial charge in [0.15, 0.2) is 0 Å². The van der Waals surface area contributed by atoms with Crippen molar-refractivity contribution < 1.29 is 14.4 Å². The number of aromatic nitrogens is 1. The molecule has 1 aliphatic heterocycles. The normalized spacial score (nSPS) is 13.1. The summed E-state index contributed by atoms with van der Waals surface area (Å²) in [5, 5.41) is 4.68. The molecular formula is C22H19N3O3. The Balaban J connectivity index is 1.61. The minimum atomic E-state index is -0.334. The van der Waals surface area contributed by atoms with E-state index in [-0.39, 0.29) is 23.3 Å². The first kappa shape index (κ1) is 17.9. The number of hydrogen-bond donors (Lipinski definition) is 1. The van der Waals surface area contributed by atoms with E-state index in [1.165, 1.54) is 11.0 Å². The average molecular weight is 373 g/mol. The summed E-state index contributed by atoms with van der Waals surface area (Å²) in [6.45, 7) is 2.40. The van der Waals surface area contributed by atoms with E-state index in [2.05, 4.69) is 10.3 Å². The van der Waals surface area contributed by atoms with E-state index in [4.69, 9.17) is 0 Å². The highest BCUT2D eigenvalue weighted by molar-refractivity contribution is 6.22. The van der Waals surface area contributed by atoms with Crippen LogP contribution in [0.2, 0.25) is 0 Å². The Kier molecular flexibility index (Phi) is 4.61. The quantitative estimate of drug-likeness (QED) is 0.688. The van der Waals surface area contributed by atoms with Gasteiger partial charge in [-0.05, 0) is 36.8 Å². The topological polar surface area (TPSA) is 79.4 Å². The van der Waals surface area contributed by atoms with Crippen LogP contribution in [0.1, 0.15) is 50.8 Å². The highest BCUT2D eigenvalue weighted by atomic mass is 16.2. The van der Waals surface area contributed by atoms with Crippen LogP contribution in [0.25, 0.3) is 10.8 Å². The number of carbonyl (C=O) groups is 3. The van der Waals surface area contributed by atoms with Gasteiger partial charge in [-0.15, -0.1) is 0 Å². The van der Waals surface area contributed by atoms with Crippen molar-refractivity contribution >= 4 is 34.2 Å². The highest BCUT2D eigenvalue weighted by Crippen LogP contribution is 2.26. The van der Waals surface area contributed by atoms with E-state index in [1.807, 2.05) is 31.2 Å². The van der Waals surface area contributed by atoms with Gasteiger partial charge in [0, 0.05) is 41.0 Å². The molecule has 0 bridgehead atoms. The zero-order valence-corrected chi connectivity index (χ0v) is 15.4. The predicted octanol–water partition coefficient (Wildman–Crippen LogP) is 3.88. The SMILES string of the molecule is CCCCN1C(=O)c2ccc(C(=O)Nc3cccc4cnccc34)cc2C1=O. The molecule has 0 radical (unpaired) electrons. The van der Waals surface area contributed by atoms with Gasteiger partial charge in [-0.2, -0.15) is 0 Å². The lowest BCUT2D eigenvalue weighted by Gasteiger charge is -2.12. The summed E-state index contributed by atoms with van der Waals surface area (Å²) in [5.41, 5.74) is 1.64. The summed E-state index contributed by atoms with van der Waals surface area (Å²) in [7, 11) is 0. The third-order valence-electron chi connectivity index (χ3n) is 4.90. The third-order valence-corrected chi connectivity index (χ3v) is 4.90. The molecule has 4 rings (SSSR count). The number of rotatable bonds is 5. The maximum Gasteiger partial charge on any atom is 0.261 e. The van der Waals surface area contributed by atoms with Gasteiger partial charge in [0.1, 0.15) is 0 Å². The van der Waals surface area contributed by atoms with Crippen molar-refractivity contribution in [3.63, 3.8) is 0 Å². The minimum absolute atomic E-state index is 0.288. The fraction of sp³-hybridized carbons (Fsp3) is 0.182. The van der Waals surface area contributed by atoms with Crippen molar-refractivity contribution in [2.75, 3.05) is 11.9 Å². The van der Waals surface area contributed by atoms with E-state index in [0.29, 0.717) is 23.4 Å². The monoisotopic (exact) mass is 373 g/mol. The Morgan fingerprint density at radius 3 is 2.71 bits per heavy atom. The number of hydrogen-bond acceptors (Lipinski definition) is 4. The number of fused-ring (bicyclic) bond motifs is 2. The molecule has 6 nitrogen and oxygen atoms in total. The van der Waals surface area contributed by atoms with Crippen molar-refractivity contribution in [1.82, 2.24) is 9.88 Å². The van der Waals surface area contributed by atoms with Gasteiger partial charge in [0.2, 0.25) is 0 Å². The third kappa shape index (κ3) is 3.03. The smallest absolute Gasteiger partial charge is 0.261 e. The predicted molar refractivity (Wildman–Crippen MR) is 106 cm³/mol. The zero-order chi connectivity index (χ0) is 19.7. The number of amides is 3. The molecule has 0 saturated carbocycles. The lowest BCUT2D eigenvalue weighted by atomic mass is 10.0. The van der Waals surface area contributed by atoms with Crippen LogP contribution in [0.15, 0.2) is 54.9 Å². The maximum absolute atomic E-state index is 12.8. The highest BCUT2D eigenvalue weighted by Gasteiger charge is 2.35. The molecule has 0 atom stereocenters. The number of pyridine rings is 1. The zero-order valence-electron chi connectivity index (χ0n) is 15.4. The Morgan fingerprint density at radius 1 is 1.07 bits per heavy atom. The first-order valence-corrected chi connectivity index (χ1v) is 9.24. The van der Waals surface area contributed by atoms with Crippen LogP contribution in [0, 0.1) is 0 Å². The second-order valence-corrected chi connectivity index (χ2v) is 6.73. The van der Waals surface area contributed by atoms with Crippen LogP contribution in [-0.2, 0) is 0 Å². The average Bonchev–Trinajstić information content (AvgIpc) is 2.96. The second kappa shape index (κ2) is 7.23. The molecule has 140 valence electrons. The van der Waals surface area contributed by atoms with Crippen molar-refractivity contribution in [2.24, 2.45) is 0 Å². The molecule has 1 aromatic heterocycles. The van der Waals surface area contributed by atoms with Gasteiger partial charge in [-0.3, -0.25) is 24.3 Å². The molecule has 2 heterocycles. The van der Waals surface area contributed by atoms with Crippen LogP contribution in [0.4, 0.5) is 5.69 Å². The van der Waals surface area contributed by atoms with E-state index in [9.17, 15) is 14.4 Å². The van der Waals surface area contributed by atoms with Gasteiger partial charge in [-0.1, -0.05) is 25.5 Å². The Morgan fingerprint density at radius 2 is 1.89 bits per heavy atom. The lowest BCUT2D eigenvalue weighted by Crippen LogP contribution is -2.30. The standard InChI is InChI=1S/C22H19N3O3/c1-2-3-11-25-21(27)17-8-7-14(12-18(17)22(25)28)20(26)24-19-6-4-5-15-13-23-10-9-16(15)19/h4-10,12-13H,2-3,11H2,1H3,(H,24,26). The van der Waals surface area contributed by atoms with Crippen LogP contribution in [-0.4, -0.2) is 34.2 Å². The fourth-order valence-electron chi connectivity index (χ4n) is 3.38. The molecule has 2 aromatic carbocycles. The molecule has 0 saturated heterocycles. The van der Waals surface area contributed by atoms with Crippen molar-refractivity contribution in [2.45, 2.75) is 19.8 Å². The van der Waals surface area contributed by atoms with Gasteiger partial charge >= 0.3 is 0 Å². The van der Waals surface area contributed by atoms with Crippen molar-refractivity contribution in [1.29, 1.82) is 0 Å². The maximum atomic E-state index is 12.8. The first-order chi connectivity index (χ1) is 13.6. The van der Waals surface area contributed by atoms with Crippen molar-refractivity contribution in [3.05, 3.63) is 71.5 Å². The molecule has 0 aliphatic carbocycles. The number of imide groups is 1. The number of benzene rings is 2. The molecule has 0 unspecified atom stereocenters. The van der Waals surface area contributed by atoms with Gasteiger partial charge in [0.25, 0.3) is 17.7 Å². The lowest BCUT2D eigenvalue weighted by molar-refractivity contribution is 0.0652. The molecule has 6 heteroatoms. The van der Waals surface area contributed by atoms with E-state index in [1.54, 1.807) is 24.5 Å². The minimum Gasteiger partial charge on any atom is -0.321 e. The van der Waals surface area contributed by atoms with Crippen LogP contribution < -0.4 is 5.32 Å². The van der Waals surface area contributed by atoms with E-state index in [0.717, 1.165) is 23.6 Å². The van der Waals surface area contributed by atoms with E-state index < -0.39 is 0 Å². The Hall–Kier alpha value is -3.54. The molecule has 3 aromatic rings. The van der Waals surface area contributed by atoms with Crippen LogP contribution in [0.3, 0.4) is 0 Å². The van der Waals surface area contributed by atoms with Gasteiger partial charge in [0.05, 0.1) is 11.1 Å². The fourth-order valence-corrected chi connectivity index (χ4v) is 3.38. The molecule has 3 amide bonds.